The molecule has 0 saturated heterocycles. The third-order valence-electron chi connectivity index (χ3n) is 6.95. The van der Waals surface area contributed by atoms with Gasteiger partial charge < -0.3 is 14.7 Å². The van der Waals surface area contributed by atoms with Crippen molar-refractivity contribution in [3.63, 3.8) is 0 Å². The number of halogens is 1. The van der Waals surface area contributed by atoms with E-state index >= 15 is 0 Å². The Morgan fingerprint density at radius 1 is 0.927 bits per heavy atom. The number of rotatable bonds is 8. The van der Waals surface area contributed by atoms with Crippen LogP contribution >= 0.6 is 11.6 Å². The van der Waals surface area contributed by atoms with Crippen LogP contribution in [0, 0.1) is 0 Å². The van der Waals surface area contributed by atoms with Crippen molar-refractivity contribution in [2.24, 2.45) is 0 Å². The molecule has 41 heavy (non-hydrogen) atoms. The number of H-pyrrole nitrogens is 2. The molecule has 0 aliphatic carbocycles. The maximum atomic E-state index is 13.5. The molecule has 6 rings (SSSR count). The standard InChI is InChI=1S/C32H26ClN5O3/c1-2-8-26(19-9-4-3-5-10-19)36-30(39)20-13-15-22(25(17-20)31-37-38-32(40)41-31)24-18-21(33)14-16-23(24)29-34-27-11-6-7-12-28(27)35-29/h3-7,9-18,26H,2,8H2,1H3,(H,34,35)(H,36,39)(H,38,40)/t26-/m1/s1. The number of nitrogens with zero attached hydrogens (tertiary/aromatic N) is 2. The maximum Gasteiger partial charge on any atom is 0.434 e. The second kappa shape index (κ2) is 11.3. The van der Waals surface area contributed by atoms with Crippen LogP contribution in [0.4, 0.5) is 0 Å². The van der Waals surface area contributed by atoms with Gasteiger partial charge in [-0.25, -0.2) is 14.9 Å². The Kier molecular flexibility index (Phi) is 7.22. The lowest BCUT2D eigenvalue weighted by molar-refractivity contribution is 0.0934. The summed E-state index contributed by atoms with van der Waals surface area (Å²) in [5, 5.41) is 10.1. The van der Waals surface area contributed by atoms with Crippen LogP contribution in [0.15, 0.2) is 100 Å². The van der Waals surface area contributed by atoms with Gasteiger partial charge in [0.15, 0.2) is 0 Å². The number of imidazole rings is 1. The minimum absolute atomic E-state index is 0.0587. The number of hydrogen-bond donors (Lipinski definition) is 3. The third kappa shape index (κ3) is 5.42. The van der Waals surface area contributed by atoms with Crippen LogP contribution in [-0.2, 0) is 0 Å². The smallest absolute Gasteiger partial charge is 0.388 e. The van der Waals surface area contributed by atoms with E-state index in [4.69, 9.17) is 21.0 Å². The van der Waals surface area contributed by atoms with E-state index in [1.54, 1.807) is 18.2 Å². The molecule has 4 aromatic carbocycles. The molecule has 2 aromatic heterocycles. The number of aromatic nitrogens is 4. The van der Waals surface area contributed by atoms with Gasteiger partial charge in [0.05, 0.1) is 17.1 Å². The second-order valence-corrected chi connectivity index (χ2v) is 10.1. The van der Waals surface area contributed by atoms with E-state index in [0.717, 1.165) is 40.6 Å². The summed E-state index contributed by atoms with van der Waals surface area (Å²) < 4.78 is 5.37. The van der Waals surface area contributed by atoms with Gasteiger partial charge in [0.25, 0.3) is 5.91 Å². The largest absolute Gasteiger partial charge is 0.434 e. The number of aromatic amines is 2. The van der Waals surface area contributed by atoms with Crippen molar-refractivity contribution in [1.82, 2.24) is 25.5 Å². The van der Waals surface area contributed by atoms with Gasteiger partial charge in [0.1, 0.15) is 5.82 Å². The van der Waals surface area contributed by atoms with Crippen LogP contribution in [0.1, 0.15) is 41.7 Å². The van der Waals surface area contributed by atoms with E-state index in [2.05, 4.69) is 27.4 Å². The monoisotopic (exact) mass is 563 g/mol. The van der Waals surface area contributed by atoms with Crippen LogP contribution in [0.2, 0.25) is 5.02 Å². The lowest BCUT2D eigenvalue weighted by Gasteiger charge is -2.19. The highest BCUT2D eigenvalue weighted by Crippen LogP contribution is 2.39. The predicted octanol–water partition coefficient (Wildman–Crippen LogP) is 7.16. The minimum atomic E-state index is -0.698. The number of nitrogens with one attached hydrogen (secondary N) is 3. The van der Waals surface area contributed by atoms with Gasteiger partial charge >= 0.3 is 5.76 Å². The van der Waals surface area contributed by atoms with E-state index in [-0.39, 0.29) is 17.8 Å². The van der Waals surface area contributed by atoms with Gasteiger partial charge in [-0.15, -0.1) is 5.10 Å². The van der Waals surface area contributed by atoms with Gasteiger partial charge in [-0.05, 0) is 65.6 Å². The number of para-hydroxylation sites is 2. The molecule has 9 heteroatoms. The van der Waals surface area contributed by atoms with Crippen LogP contribution in [0.5, 0.6) is 0 Å². The molecule has 3 N–H and O–H groups in total. The molecule has 0 aliphatic heterocycles. The van der Waals surface area contributed by atoms with Crippen LogP contribution in [-0.4, -0.2) is 26.1 Å². The Hall–Kier alpha value is -4.95. The molecule has 0 aliphatic rings. The zero-order chi connectivity index (χ0) is 28.3. The molecule has 0 fully saturated rings. The predicted molar refractivity (Wildman–Crippen MR) is 160 cm³/mol. The lowest BCUT2D eigenvalue weighted by atomic mass is 9.93. The zero-order valence-electron chi connectivity index (χ0n) is 22.1. The van der Waals surface area contributed by atoms with Crippen LogP contribution < -0.4 is 11.1 Å². The first kappa shape index (κ1) is 26.3. The molecule has 0 unspecified atom stereocenters. The molecule has 1 atom stereocenters. The Morgan fingerprint density at radius 2 is 1.71 bits per heavy atom. The fourth-order valence-electron chi connectivity index (χ4n) is 5.01. The third-order valence-corrected chi connectivity index (χ3v) is 7.19. The topological polar surface area (TPSA) is 117 Å². The molecule has 0 saturated carbocycles. The average molecular weight is 564 g/mol. The van der Waals surface area contributed by atoms with Gasteiger partial charge in [0, 0.05) is 21.7 Å². The molecule has 6 aromatic rings. The number of benzene rings is 4. The van der Waals surface area contributed by atoms with E-state index in [1.165, 1.54) is 0 Å². The Bertz CT molecular complexity index is 1870. The van der Waals surface area contributed by atoms with Crippen molar-refractivity contribution in [1.29, 1.82) is 0 Å². The van der Waals surface area contributed by atoms with Crippen LogP contribution in [0.3, 0.4) is 0 Å². The molecular formula is C32H26ClN5O3. The average Bonchev–Trinajstić information content (AvgIpc) is 3.63. The summed E-state index contributed by atoms with van der Waals surface area (Å²) in [6.45, 7) is 2.08. The summed E-state index contributed by atoms with van der Waals surface area (Å²) in [6, 6.07) is 28.2. The lowest BCUT2D eigenvalue weighted by Crippen LogP contribution is -2.28. The molecule has 8 nitrogen and oxygen atoms in total. The van der Waals surface area contributed by atoms with Crippen LogP contribution in [0.25, 0.3) is 45.0 Å². The number of fused-ring (bicyclic) bond motifs is 1. The summed E-state index contributed by atoms with van der Waals surface area (Å²) in [7, 11) is 0. The maximum absolute atomic E-state index is 13.5. The van der Waals surface area contributed by atoms with Crippen molar-refractivity contribution in [2.45, 2.75) is 25.8 Å². The molecule has 0 radical (unpaired) electrons. The van der Waals surface area contributed by atoms with E-state index in [9.17, 15) is 9.59 Å². The Balaban J connectivity index is 1.45. The van der Waals surface area contributed by atoms with E-state index in [1.807, 2.05) is 72.8 Å². The van der Waals surface area contributed by atoms with Crippen molar-refractivity contribution < 1.29 is 9.21 Å². The second-order valence-electron chi connectivity index (χ2n) is 9.70. The van der Waals surface area contributed by atoms with Crippen molar-refractivity contribution >= 4 is 28.5 Å². The van der Waals surface area contributed by atoms with E-state index in [0.29, 0.717) is 27.5 Å². The molecule has 0 bridgehead atoms. The van der Waals surface area contributed by atoms with Gasteiger partial charge in [0.2, 0.25) is 5.89 Å². The quantitative estimate of drug-likeness (QED) is 0.181. The molecular weight excluding hydrogens is 538 g/mol. The first-order chi connectivity index (χ1) is 20.0. The highest BCUT2D eigenvalue weighted by molar-refractivity contribution is 6.31. The SMILES string of the molecule is CCC[C@@H](NC(=O)c1ccc(-c2cc(Cl)ccc2-c2nc3ccccc3[nH]2)c(-c2n[nH]c(=O)o2)c1)c1ccccc1. The summed E-state index contributed by atoms with van der Waals surface area (Å²) in [5.41, 5.74) is 5.81. The van der Waals surface area contributed by atoms with Crippen molar-refractivity contribution in [2.75, 3.05) is 0 Å². The minimum Gasteiger partial charge on any atom is -0.388 e. The first-order valence-corrected chi connectivity index (χ1v) is 13.7. The number of amides is 1. The van der Waals surface area contributed by atoms with Gasteiger partial charge in [-0.2, -0.15) is 0 Å². The number of hydrogen-bond acceptors (Lipinski definition) is 5. The van der Waals surface area contributed by atoms with Gasteiger partial charge in [-0.1, -0.05) is 73.5 Å². The Morgan fingerprint density at radius 3 is 2.46 bits per heavy atom. The zero-order valence-corrected chi connectivity index (χ0v) is 22.9. The normalized spacial score (nSPS) is 12.0. The molecule has 2 heterocycles. The highest BCUT2D eigenvalue weighted by Gasteiger charge is 2.22. The molecule has 204 valence electrons. The summed E-state index contributed by atoms with van der Waals surface area (Å²) in [6.07, 6.45) is 1.69. The number of carbonyl (C=O) groups excluding carboxylic acids is 1. The van der Waals surface area contributed by atoms with Crippen molar-refractivity contribution in [3.05, 3.63) is 118 Å². The fourth-order valence-corrected chi connectivity index (χ4v) is 5.18. The first-order valence-electron chi connectivity index (χ1n) is 13.3. The summed E-state index contributed by atoms with van der Waals surface area (Å²) in [5.74, 6) is -0.235. The summed E-state index contributed by atoms with van der Waals surface area (Å²) >= 11 is 6.47. The van der Waals surface area contributed by atoms with Gasteiger partial charge in [-0.3, -0.25) is 4.79 Å². The van der Waals surface area contributed by atoms with E-state index < -0.39 is 5.76 Å². The Labute approximate surface area is 240 Å². The molecule has 0 spiro atoms. The fraction of sp³-hybridized carbons (Fsp3) is 0.125. The highest BCUT2D eigenvalue weighted by atomic mass is 35.5. The number of carbonyl (C=O) groups is 1. The van der Waals surface area contributed by atoms with Crippen molar-refractivity contribution in [3.8, 4) is 34.0 Å². The molecule has 1 amide bonds. The summed E-state index contributed by atoms with van der Waals surface area (Å²) in [4.78, 5) is 33.6.